The molecule has 1 aromatic heterocycles. The fraction of sp³-hybridized carbons (Fsp3) is 0.667. The van der Waals surface area contributed by atoms with E-state index in [4.69, 9.17) is 4.98 Å². The van der Waals surface area contributed by atoms with E-state index in [0.717, 1.165) is 44.7 Å². The van der Waals surface area contributed by atoms with Crippen LogP contribution in [0.15, 0.2) is 42.6 Å². The van der Waals surface area contributed by atoms with E-state index in [2.05, 4.69) is 67.0 Å². The molecule has 1 aromatic carbocycles. The van der Waals surface area contributed by atoms with Gasteiger partial charge < -0.3 is 4.90 Å². The Labute approximate surface area is 243 Å². The van der Waals surface area contributed by atoms with Gasteiger partial charge in [0.2, 0.25) is 5.91 Å². The van der Waals surface area contributed by atoms with Crippen LogP contribution in [0.25, 0.3) is 0 Å². The number of benzene rings is 1. The van der Waals surface area contributed by atoms with Gasteiger partial charge in [0.1, 0.15) is 0 Å². The second-order valence-electron chi connectivity index (χ2n) is 14.2. The Morgan fingerprint density at radius 3 is 2.08 bits per heavy atom. The molecule has 0 N–H and O–H groups in total. The van der Waals surface area contributed by atoms with Gasteiger partial charge in [0.25, 0.3) is 0 Å². The van der Waals surface area contributed by atoms with E-state index in [-0.39, 0.29) is 5.41 Å². The Bertz CT molecular complexity index is 1050. The normalized spacial score (nSPS) is 20.5. The lowest BCUT2D eigenvalue weighted by molar-refractivity contribution is -0.120. The minimum Gasteiger partial charge on any atom is -0.311 e. The van der Waals surface area contributed by atoms with Crippen molar-refractivity contribution >= 4 is 11.6 Å². The van der Waals surface area contributed by atoms with Gasteiger partial charge in [0.15, 0.2) is 0 Å². The molecular formula is C36H53N3O. The van der Waals surface area contributed by atoms with E-state index in [9.17, 15) is 4.79 Å². The third-order valence-corrected chi connectivity index (χ3v) is 9.97. The van der Waals surface area contributed by atoms with E-state index in [1.165, 1.54) is 81.0 Å². The summed E-state index contributed by atoms with van der Waals surface area (Å²) in [5, 5.41) is 0. The molecule has 0 radical (unpaired) electrons. The van der Waals surface area contributed by atoms with Crippen LogP contribution in [0.2, 0.25) is 0 Å². The molecule has 3 aliphatic rings. The van der Waals surface area contributed by atoms with Gasteiger partial charge in [-0.05, 0) is 92.1 Å². The Morgan fingerprint density at radius 1 is 0.825 bits per heavy atom. The van der Waals surface area contributed by atoms with Gasteiger partial charge in [-0.15, -0.1) is 0 Å². The molecule has 218 valence electrons. The van der Waals surface area contributed by atoms with Crippen molar-refractivity contribution < 1.29 is 4.79 Å². The summed E-state index contributed by atoms with van der Waals surface area (Å²) < 4.78 is 0. The second kappa shape index (κ2) is 13.6. The van der Waals surface area contributed by atoms with Crippen LogP contribution < -0.4 is 4.90 Å². The molecule has 3 fully saturated rings. The fourth-order valence-corrected chi connectivity index (χ4v) is 7.25. The first-order valence-electron chi connectivity index (χ1n) is 16.4. The maximum atomic E-state index is 13.8. The highest BCUT2D eigenvalue weighted by molar-refractivity contribution is 5.93. The molecule has 1 aliphatic heterocycles. The van der Waals surface area contributed by atoms with Gasteiger partial charge >= 0.3 is 0 Å². The van der Waals surface area contributed by atoms with Gasteiger partial charge in [-0.25, -0.2) is 0 Å². The molecule has 4 heteroatoms. The minimum atomic E-state index is 0.197. The predicted molar refractivity (Wildman–Crippen MR) is 167 cm³/mol. The summed E-state index contributed by atoms with van der Waals surface area (Å²) in [7, 11) is 0. The smallest absolute Gasteiger partial charge is 0.227 e. The highest BCUT2D eigenvalue weighted by Gasteiger charge is 2.28. The maximum Gasteiger partial charge on any atom is 0.227 e. The Morgan fingerprint density at radius 2 is 1.48 bits per heavy atom. The van der Waals surface area contributed by atoms with Crippen LogP contribution in [-0.2, 0) is 16.8 Å². The van der Waals surface area contributed by atoms with Crippen molar-refractivity contribution in [1.82, 2.24) is 9.88 Å². The first kappa shape index (κ1) is 29.3. The number of likely N-dealkylation sites (tertiary alicyclic amines) is 1. The molecule has 0 unspecified atom stereocenters. The summed E-state index contributed by atoms with van der Waals surface area (Å²) in [6.45, 7) is 10.9. The molecular weight excluding hydrogens is 490 g/mol. The molecule has 2 saturated carbocycles. The number of piperidine rings is 1. The molecule has 40 heavy (non-hydrogen) atoms. The highest BCUT2D eigenvalue weighted by Crippen LogP contribution is 2.33. The van der Waals surface area contributed by atoms with Crippen LogP contribution in [-0.4, -0.2) is 35.4 Å². The molecule has 4 nitrogen and oxygen atoms in total. The molecule has 1 amide bonds. The Balaban J connectivity index is 1.20. The zero-order valence-electron chi connectivity index (χ0n) is 25.5. The largest absolute Gasteiger partial charge is 0.311 e. The topological polar surface area (TPSA) is 36.4 Å². The standard InChI is InChI=1S/C36H53N3O/c1-36(2,3)32-16-14-29(15-17-32)26-38-22-20-30(21-23-38)27-39(35(40)24-28-10-6-4-7-11-28)33-18-19-34(37-25-33)31-12-8-5-9-13-31/h14-19,25,28,30-31H,4-13,20-24,26-27H2,1-3H3. The first-order chi connectivity index (χ1) is 19.3. The molecule has 0 spiro atoms. The molecule has 0 atom stereocenters. The van der Waals surface area contributed by atoms with Crippen LogP contribution in [0.1, 0.15) is 127 Å². The number of pyridine rings is 1. The van der Waals surface area contributed by atoms with Gasteiger partial charge in [-0.2, -0.15) is 0 Å². The van der Waals surface area contributed by atoms with Gasteiger partial charge in [0, 0.05) is 31.1 Å². The summed E-state index contributed by atoms with van der Waals surface area (Å²) in [5.41, 5.74) is 5.24. The van der Waals surface area contributed by atoms with Crippen LogP contribution in [0, 0.1) is 11.8 Å². The lowest BCUT2D eigenvalue weighted by atomic mass is 9.86. The molecule has 0 bridgehead atoms. The SMILES string of the molecule is CC(C)(C)c1ccc(CN2CCC(CN(C(=O)CC3CCCCC3)c3ccc(C4CCCCC4)nc3)CC2)cc1. The number of nitrogens with zero attached hydrogens (tertiary/aromatic N) is 3. The van der Waals surface area contributed by atoms with Crippen molar-refractivity contribution in [2.24, 2.45) is 11.8 Å². The summed E-state index contributed by atoms with van der Waals surface area (Å²) in [6.07, 6.45) is 17.9. The molecule has 5 rings (SSSR count). The average molecular weight is 544 g/mol. The quantitative estimate of drug-likeness (QED) is 0.334. The van der Waals surface area contributed by atoms with Crippen molar-refractivity contribution in [3.05, 3.63) is 59.4 Å². The third-order valence-electron chi connectivity index (χ3n) is 9.97. The van der Waals surface area contributed by atoms with Crippen LogP contribution in [0.4, 0.5) is 5.69 Å². The number of aromatic nitrogens is 1. The number of carbonyl (C=O) groups is 1. The highest BCUT2D eigenvalue weighted by atomic mass is 16.2. The van der Waals surface area contributed by atoms with Crippen molar-refractivity contribution in [1.29, 1.82) is 0 Å². The molecule has 2 aromatic rings. The molecule has 1 saturated heterocycles. The van der Waals surface area contributed by atoms with Gasteiger partial charge in [-0.3, -0.25) is 14.7 Å². The summed E-state index contributed by atoms with van der Waals surface area (Å²) in [6, 6.07) is 13.6. The molecule has 2 heterocycles. The van der Waals surface area contributed by atoms with E-state index < -0.39 is 0 Å². The minimum absolute atomic E-state index is 0.197. The number of carbonyl (C=O) groups excluding carboxylic acids is 1. The van der Waals surface area contributed by atoms with Crippen LogP contribution in [0.5, 0.6) is 0 Å². The summed E-state index contributed by atoms with van der Waals surface area (Å²) >= 11 is 0. The monoisotopic (exact) mass is 543 g/mol. The Kier molecular flexibility index (Phi) is 9.99. The lowest BCUT2D eigenvalue weighted by Gasteiger charge is -2.35. The fourth-order valence-electron chi connectivity index (χ4n) is 7.25. The molecule has 2 aliphatic carbocycles. The number of amides is 1. The van der Waals surface area contributed by atoms with Crippen LogP contribution in [0.3, 0.4) is 0 Å². The van der Waals surface area contributed by atoms with E-state index in [0.29, 0.717) is 30.1 Å². The zero-order chi connectivity index (χ0) is 28.0. The second-order valence-corrected chi connectivity index (χ2v) is 14.2. The number of hydrogen-bond donors (Lipinski definition) is 0. The third kappa shape index (κ3) is 7.96. The summed E-state index contributed by atoms with van der Waals surface area (Å²) in [5.74, 6) is 2.03. The predicted octanol–water partition coefficient (Wildman–Crippen LogP) is 8.64. The first-order valence-corrected chi connectivity index (χ1v) is 16.4. The lowest BCUT2D eigenvalue weighted by Crippen LogP contribution is -2.41. The van der Waals surface area contributed by atoms with Crippen molar-refractivity contribution in [2.75, 3.05) is 24.5 Å². The van der Waals surface area contributed by atoms with E-state index in [1.54, 1.807) is 0 Å². The summed E-state index contributed by atoms with van der Waals surface area (Å²) in [4.78, 5) is 23.4. The number of anilines is 1. The maximum absolute atomic E-state index is 13.8. The van der Waals surface area contributed by atoms with Crippen molar-refractivity contribution in [2.45, 2.75) is 122 Å². The van der Waals surface area contributed by atoms with E-state index in [1.807, 2.05) is 6.20 Å². The van der Waals surface area contributed by atoms with Crippen LogP contribution >= 0.6 is 0 Å². The van der Waals surface area contributed by atoms with Crippen molar-refractivity contribution in [3.63, 3.8) is 0 Å². The van der Waals surface area contributed by atoms with Gasteiger partial charge in [0.05, 0.1) is 11.9 Å². The number of rotatable bonds is 8. The zero-order valence-corrected chi connectivity index (χ0v) is 25.5. The van der Waals surface area contributed by atoms with E-state index >= 15 is 0 Å². The van der Waals surface area contributed by atoms with Crippen molar-refractivity contribution in [3.8, 4) is 0 Å². The average Bonchev–Trinajstić information content (AvgIpc) is 2.98. The van der Waals surface area contributed by atoms with Gasteiger partial charge in [-0.1, -0.05) is 83.6 Å². The number of hydrogen-bond acceptors (Lipinski definition) is 3. The Hall–Kier alpha value is -2.20.